The summed E-state index contributed by atoms with van der Waals surface area (Å²) in [5.74, 6) is -1.36. The van der Waals surface area contributed by atoms with E-state index in [2.05, 4.69) is 4.98 Å². The third kappa shape index (κ3) is 3.88. The summed E-state index contributed by atoms with van der Waals surface area (Å²) >= 11 is 0. The Morgan fingerprint density at radius 2 is 2.11 bits per heavy atom. The average Bonchev–Trinajstić information content (AvgIpc) is 2.96. The molecular weight excluding hydrogens is 371 g/mol. The minimum Gasteiger partial charge on any atom is -0.477 e. The summed E-state index contributed by atoms with van der Waals surface area (Å²) in [4.78, 5) is 15.2. The van der Waals surface area contributed by atoms with Gasteiger partial charge in [0.15, 0.2) is 0 Å². The van der Waals surface area contributed by atoms with E-state index >= 15 is 0 Å². The summed E-state index contributed by atoms with van der Waals surface area (Å²) in [5, 5.41) is 18.7. The zero-order chi connectivity index (χ0) is 20.5. The lowest BCUT2D eigenvalue weighted by atomic mass is 10.1. The molecule has 0 aliphatic carbocycles. The number of carboxylic acids is 1. The fourth-order valence-corrected chi connectivity index (χ4v) is 3.02. The van der Waals surface area contributed by atoms with Gasteiger partial charge in [0.2, 0.25) is 0 Å². The fraction of sp³-hybridized carbons (Fsp3) is 0.150. The maximum absolute atomic E-state index is 13.1. The van der Waals surface area contributed by atoms with Crippen LogP contribution in [0.4, 0.5) is 13.2 Å². The monoisotopic (exact) mass is 385 g/mol. The molecule has 5 nitrogen and oxygen atoms in total. The fourth-order valence-electron chi connectivity index (χ4n) is 3.02. The van der Waals surface area contributed by atoms with Crippen molar-refractivity contribution in [2.24, 2.45) is 0 Å². The van der Waals surface area contributed by atoms with E-state index < -0.39 is 23.3 Å². The van der Waals surface area contributed by atoms with Gasteiger partial charge in [-0.3, -0.25) is 4.98 Å². The Morgan fingerprint density at radius 1 is 1.36 bits per heavy atom. The van der Waals surface area contributed by atoms with Crippen LogP contribution in [0.3, 0.4) is 0 Å². The highest BCUT2D eigenvalue weighted by molar-refractivity contribution is 6.00. The van der Waals surface area contributed by atoms with Gasteiger partial charge in [-0.15, -0.1) is 0 Å². The Hall–Kier alpha value is -3.60. The van der Waals surface area contributed by atoms with Crippen LogP contribution >= 0.6 is 0 Å². The van der Waals surface area contributed by atoms with E-state index in [9.17, 15) is 18.0 Å². The molecule has 0 aliphatic heterocycles. The second-order valence-electron chi connectivity index (χ2n) is 6.29. The summed E-state index contributed by atoms with van der Waals surface area (Å²) in [6, 6.07) is 7.10. The molecule has 0 saturated heterocycles. The minimum atomic E-state index is -4.45. The number of aromatic nitrogens is 2. The quantitative estimate of drug-likeness (QED) is 0.533. The molecule has 3 aromatic rings. The first kappa shape index (κ1) is 19.2. The predicted octanol–water partition coefficient (Wildman–Crippen LogP) is 4.40. The van der Waals surface area contributed by atoms with Crippen molar-refractivity contribution in [3.05, 3.63) is 70.7 Å². The summed E-state index contributed by atoms with van der Waals surface area (Å²) < 4.78 is 41.0. The van der Waals surface area contributed by atoms with Gasteiger partial charge in [-0.1, -0.05) is 11.6 Å². The first-order valence-electron chi connectivity index (χ1n) is 8.15. The van der Waals surface area contributed by atoms with Crippen molar-refractivity contribution in [2.75, 3.05) is 0 Å². The van der Waals surface area contributed by atoms with Crippen molar-refractivity contribution in [3.63, 3.8) is 0 Å². The van der Waals surface area contributed by atoms with E-state index in [0.717, 1.165) is 12.1 Å². The Kier molecular flexibility index (Phi) is 4.92. The number of nitriles is 1. The van der Waals surface area contributed by atoms with E-state index in [4.69, 9.17) is 10.4 Å². The summed E-state index contributed by atoms with van der Waals surface area (Å²) in [6.45, 7) is 1.73. The third-order valence-corrected chi connectivity index (χ3v) is 4.18. The minimum absolute atomic E-state index is 0.135. The molecule has 0 amide bonds. The highest BCUT2D eigenvalue weighted by Crippen LogP contribution is 2.31. The van der Waals surface area contributed by atoms with Crippen molar-refractivity contribution >= 4 is 22.9 Å². The van der Waals surface area contributed by atoms with E-state index in [0.29, 0.717) is 27.6 Å². The molecule has 142 valence electrons. The van der Waals surface area contributed by atoms with Gasteiger partial charge in [-0.25, -0.2) is 4.79 Å². The lowest BCUT2D eigenvalue weighted by Gasteiger charge is -2.12. The smallest absolute Gasteiger partial charge is 0.416 e. The number of carbonyl (C=O) groups is 1. The highest BCUT2D eigenvalue weighted by Gasteiger charge is 2.30. The number of aryl methyl sites for hydroxylation is 1. The second-order valence-corrected chi connectivity index (χ2v) is 6.29. The standard InChI is InChI=1S/C20H14F3N3O2/c1-12-4-13(6-16(5-12)20(21,22)23)10-26-11-15(7-14(8-24)19(27)28)17-2-3-25-9-18(17)26/h2-7,9,11H,10H2,1H3,(H,27,28)/b14-7+. The van der Waals surface area contributed by atoms with E-state index in [1.807, 2.05) is 0 Å². The molecule has 1 aromatic carbocycles. The maximum Gasteiger partial charge on any atom is 0.416 e. The van der Waals surface area contributed by atoms with E-state index in [1.165, 1.54) is 12.3 Å². The predicted molar refractivity (Wildman–Crippen MR) is 96.2 cm³/mol. The topological polar surface area (TPSA) is 78.9 Å². The van der Waals surface area contributed by atoms with Crippen LogP contribution in [-0.2, 0) is 17.5 Å². The van der Waals surface area contributed by atoms with Gasteiger partial charge in [0.05, 0.1) is 17.3 Å². The highest BCUT2D eigenvalue weighted by atomic mass is 19.4. The largest absolute Gasteiger partial charge is 0.477 e. The van der Waals surface area contributed by atoms with Crippen molar-refractivity contribution in [1.82, 2.24) is 9.55 Å². The van der Waals surface area contributed by atoms with Gasteiger partial charge in [0, 0.05) is 29.9 Å². The normalized spacial score (nSPS) is 12.2. The Morgan fingerprint density at radius 3 is 2.75 bits per heavy atom. The van der Waals surface area contributed by atoms with Gasteiger partial charge in [0.1, 0.15) is 11.6 Å². The molecule has 2 aromatic heterocycles. The number of halogens is 3. The molecule has 0 atom stereocenters. The first-order chi connectivity index (χ1) is 13.2. The van der Waals surface area contributed by atoms with Crippen LogP contribution in [0.1, 0.15) is 22.3 Å². The molecule has 2 heterocycles. The van der Waals surface area contributed by atoms with Crippen LogP contribution < -0.4 is 0 Å². The van der Waals surface area contributed by atoms with Gasteiger partial charge < -0.3 is 9.67 Å². The number of alkyl halides is 3. The number of hydrogen-bond donors (Lipinski definition) is 1. The van der Waals surface area contributed by atoms with E-state index in [1.54, 1.807) is 42.1 Å². The number of nitrogens with zero attached hydrogens (tertiary/aromatic N) is 3. The van der Waals surface area contributed by atoms with Crippen molar-refractivity contribution < 1.29 is 23.1 Å². The molecule has 0 spiro atoms. The first-order valence-corrected chi connectivity index (χ1v) is 8.15. The van der Waals surface area contributed by atoms with Gasteiger partial charge in [0.25, 0.3) is 0 Å². The molecule has 28 heavy (non-hydrogen) atoms. The van der Waals surface area contributed by atoms with Gasteiger partial charge in [-0.2, -0.15) is 18.4 Å². The van der Waals surface area contributed by atoms with Crippen LogP contribution in [0.5, 0.6) is 0 Å². The van der Waals surface area contributed by atoms with Crippen LogP contribution in [0.2, 0.25) is 0 Å². The summed E-state index contributed by atoms with van der Waals surface area (Å²) in [5.41, 5.74) is 0.853. The lowest BCUT2D eigenvalue weighted by Crippen LogP contribution is -2.07. The number of aliphatic carboxylic acids is 1. The number of benzene rings is 1. The lowest BCUT2D eigenvalue weighted by molar-refractivity contribution is -0.137. The van der Waals surface area contributed by atoms with Crippen molar-refractivity contribution in [2.45, 2.75) is 19.6 Å². The Labute approximate surface area is 158 Å². The second kappa shape index (κ2) is 7.19. The van der Waals surface area contributed by atoms with Crippen LogP contribution in [0.15, 0.2) is 48.4 Å². The molecule has 1 N–H and O–H groups in total. The number of fused-ring (bicyclic) bond motifs is 1. The molecule has 0 radical (unpaired) electrons. The van der Waals surface area contributed by atoms with Crippen LogP contribution in [0.25, 0.3) is 17.0 Å². The van der Waals surface area contributed by atoms with Crippen molar-refractivity contribution in [1.29, 1.82) is 5.26 Å². The Balaban J connectivity index is 2.10. The van der Waals surface area contributed by atoms with Gasteiger partial charge >= 0.3 is 12.1 Å². The molecular formula is C20H14F3N3O2. The molecule has 8 heteroatoms. The molecule has 0 unspecified atom stereocenters. The van der Waals surface area contributed by atoms with Crippen molar-refractivity contribution in [3.8, 4) is 6.07 Å². The van der Waals surface area contributed by atoms with Gasteiger partial charge in [-0.05, 0) is 36.8 Å². The number of rotatable bonds is 4. The number of pyridine rings is 1. The van der Waals surface area contributed by atoms with Crippen LogP contribution in [-0.4, -0.2) is 20.6 Å². The number of carboxylic acid groups (broad SMARTS) is 1. The molecule has 0 fully saturated rings. The molecule has 0 aliphatic rings. The molecule has 3 rings (SSSR count). The zero-order valence-corrected chi connectivity index (χ0v) is 14.7. The summed E-state index contributed by atoms with van der Waals surface area (Å²) in [7, 11) is 0. The molecule has 0 saturated carbocycles. The SMILES string of the molecule is Cc1cc(Cn2cc(/C=C(\C#N)C(=O)O)c3ccncc32)cc(C(F)(F)F)c1. The third-order valence-electron chi connectivity index (χ3n) is 4.18. The van der Waals surface area contributed by atoms with E-state index in [-0.39, 0.29) is 6.54 Å². The summed E-state index contributed by atoms with van der Waals surface area (Å²) in [6.07, 6.45) is 1.45. The number of hydrogen-bond acceptors (Lipinski definition) is 3. The van der Waals surface area contributed by atoms with Crippen LogP contribution in [0, 0.1) is 18.3 Å². The maximum atomic E-state index is 13.1. The average molecular weight is 385 g/mol. The zero-order valence-electron chi connectivity index (χ0n) is 14.7. The molecule has 0 bridgehead atoms. The Bertz CT molecular complexity index is 1140.